The van der Waals surface area contributed by atoms with Gasteiger partial charge in [-0.2, -0.15) is 31.3 Å². The molecule has 1 heterocycles. The van der Waals surface area contributed by atoms with Gasteiger partial charge >= 0.3 is 12.4 Å². The highest BCUT2D eigenvalue weighted by Crippen LogP contribution is 2.40. The number of hydrogen-bond donors (Lipinski definition) is 3. The van der Waals surface area contributed by atoms with Crippen molar-refractivity contribution < 1.29 is 35.9 Å². The van der Waals surface area contributed by atoms with Crippen LogP contribution in [0, 0.1) is 0 Å². The van der Waals surface area contributed by atoms with Gasteiger partial charge in [0, 0.05) is 18.7 Å². The lowest BCUT2D eigenvalue weighted by Crippen LogP contribution is -2.63. The molecule has 0 saturated carbocycles. The van der Waals surface area contributed by atoms with Crippen LogP contribution in [0.25, 0.3) is 0 Å². The van der Waals surface area contributed by atoms with E-state index in [2.05, 4.69) is 4.99 Å². The van der Waals surface area contributed by atoms with Crippen molar-refractivity contribution in [3.05, 3.63) is 34.9 Å². The first-order valence-corrected chi connectivity index (χ1v) is 9.05. The highest BCUT2D eigenvalue weighted by molar-refractivity contribution is 6.02. The number of hydrogen-bond acceptors (Lipinski definition) is 3. The van der Waals surface area contributed by atoms with Gasteiger partial charge < -0.3 is 22.1 Å². The number of alkyl halides is 6. The Morgan fingerprint density at radius 3 is 2.06 bits per heavy atom. The van der Waals surface area contributed by atoms with Gasteiger partial charge in [-0.05, 0) is 43.4 Å². The average Bonchev–Trinajstić information content (AvgIpc) is 2.65. The van der Waals surface area contributed by atoms with E-state index in [-0.39, 0.29) is 37.1 Å². The van der Waals surface area contributed by atoms with Crippen LogP contribution >= 0.6 is 0 Å². The third-order valence-electron chi connectivity index (χ3n) is 5.09. The van der Waals surface area contributed by atoms with Crippen molar-refractivity contribution in [1.29, 1.82) is 0 Å². The maximum absolute atomic E-state index is 13.6. The highest BCUT2D eigenvalue weighted by atomic mass is 19.4. The van der Waals surface area contributed by atoms with Crippen LogP contribution in [0.4, 0.5) is 26.3 Å². The zero-order valence-electron chi connectivity index (χ0n) is 16.3. The summed E-state index contributed by atoms with van der Waals surface area (Å²) in [6.45, 7) is 0.159. The number of carbonyl (C=O) groups excluding carboxylic acids is 2. The molecule has 0 radical (unpaired) electrons. The molecule has 1 fully saturated rings. The van der Waals surface area contributed by atoms with Crippen molar-refractivity contribution in [2.45, 2.75) is 43.6 Å². The predicted molar refractivity (Wildman–Crippen MR) is 98.8 cm³/mol. The second kappa shape index (κ2) is 8.36. The molecule has 0 aliphatic carbocycles. The fourth-order valence-corrected chi connectivity index (χ4v) is 3.32. The molecule has 0 spiro atoms. The number of rotatable bonds is 3. The van der Waals surface area contributed by atoms with Crippen LogP contribution in [-0.2, 0) is 11.0 Å². The van der Waals surface area contributed by atoms with Crippen molar-refractivity contribution in [3.63, 3.8) is 0 Å². The van der Waals surface area contributed by atoms with E-state index in [1.165, 1.54) is 0 Å². The molecule has 31 heavy (non-hydrogen) atoms. The zero-order valence-corrected chi connectivity index (χ0v) is 16.3. The first-order chi connectivity index (χ1) is 14.1. The largest absolute Gasteiger partial charge is 0.416 e. The Morgan fingerprint density at radius 2 is 1.61 bits per heavy atom. The Bertz CT molecular complexity index is 882. The minimum atomic E-state index is -4.97. The van der Waals surface area contributed by atoms with E-state index < -0.39 is 47.1 Å². The van der Waals surface area contributed by atoms with E-state index in [0.29, 0.717) is 13.0 Å². The maximum Gasteiger partial charge on any atom is 0.416 e. The van der Waals surface area contributed by atoms with Crippen molar-refractivity contribution in [3.8, 4) is 0 Å². The lowest BCUT2D eigenvalue weighted by Gasteiger charge is -2.38. The monoisotopic (exact) mass is 453 g/mol. The third-order valence-corrected chi connectivity index (χ3v) is 5.09. The minimum Gasteiger partial charge on any atom is -0.370 e. The molecule has 1 aromatic carbocycles. The molecule has 1 atom stereocenters. The maximum atomic E-state index is 13.6. The molecule has 13 heteroatoms. The number of aliphatic imine (C=N–C) groups is 1. The molecular weight excluding hydrogens is 432 g/mol. The number of nitrogens with zero attached hydrogens (tertiary/aromatic N) is 2. The van der Waals surface area contributed by atoms with E-state index in [1.807, 2.05) is 0 Å². The molecule has 0 aromatic heterocycles. The highest BCUT2D eigenvalue weighted by Gasteiger charge is 2.55. The number of amides is 2. The molecule has 172 valence electrons. The molecule has 0 bridgehead atoms. The molecule has 1 unspecified atom stereocenters. The number of guanidine groups is 1. The van der Waals surface area contributed by atoms with Crippen molar-refractivity contribution in [1.82, 2.24) is 4.90 Å². The summed E-state index contributed by atoms with van der Waals surface area (Å²) in [6.07, 6.45) is -9.79. The van der Waals surface area contributed by atoms with Crippen LogP contribution < -0.4 is 17.2 Å². The second-order valence-electron chi connectivity index (χ2n) is 7.41. The van der Waals surface area contributed by atoms with Crippen LogP contribution in [0.5, 0.6) is 0 Å². The summed E-state index contributed by atoms with van der Waals surface area (Å²) in [4.78, 5) is 28.1. The number of likely N-dealkylation sites (tertiary alicyclic amines) is 1. The summed E-state index contributed by atoms with van der Waals surface area (Å²) in [7, 11) is 0. The van der Waals surface area contributed by atoms with Gasteiger partial charge in [0.1, 0.15) is 0 Å². The average molecular weight is 453 g/mol. The summed E-state index contributed by atoms with van der Waals surface area (Å²) in [5.74, 6) is -3.69. The van der Waals surface area contributed by atoms with Crippen LogP contribution in [0.3, 0.4) is 0 Å². The van der Waals surface area contributed by atoms with Gasteiger partial charge in [0.15, 0.2) is 11.5 Å². The molecule has 1 aromatic rings. The fourth-order valence-electron chi connectivity index (χ4n) is 3.32. The van der Waals surface area contributed by atoms with Crippen LogP contribution in [0.15, 0.2) is 23.2 Å². The smallest absolute Gasteiger partial charge is 0.370 e. The normalized spacial score (nSPS) is 17.7. The number of carbonyl (C=O) groups is 2. The Hall–Kier alpha value is -2.83. The fraction of sp³-hybridized carbons (Fsp3) is 0.500. The molecular formula is C18H21F6N5O2. The number of nitrogens with two attached hydrogens (primary N) is 3. The minimum absolute atomic E-state index is 0.00997. The van der Waals surface area contributed by atoms with Crippen molar-refractivity contribution >= 4 is 17.8 Å². The van der Waals surface area contributed by atoms with Gasteiger partial charge in [0.2, 0.25) is 0 Å². The number of benzene rings is 1. The Balaban J connectivity index is 2.26. The van der Waals surface area contributed by atoms with E-state index >= 15 is 0 Å². The standard InChI is InChI=1S/C18H21F6N5O2/c1-16(27,18(22,23)24)14(31)29-6-4-9(5-7-29)11-3-2-10(13(30)28-15(25)26)8-12(11)17(19,20)21/h2-3,8-9H,4-7,27H2,1H3,(H4,25,26,28,30). The molecule has 2 rings (SSSR count). The first-order valence-electron chi connectivity index (χ1n) is 9.05. The molecule has 1 saturated heterocycles. The van der Waals surface area contributed by atoms with Gasteiger partial charge in [-0.1, -0.05) is 6.07 Å². The van der Waals surface area contributed by atoms with E-state index in [9.17, 15) is 35.9 Å². The zero-order chi connectivity index (χ0) is 23.8. The second-order valence-corrected chi connectivity index (χ2v) is 7.41. The summed E-state index contributed by atoms with van der Waals surface area (Å²) >= 11 is 0. The van der Waals surface area contributed by atoms with Crippen molar-refractivity contribution in [2.75, 3.05) is 13.1 Å². The summed E-state index contributed by atoms with van der Waals surface area (Å²) in [5.41, 5.74) is 10.6. The van der Waals surface area contributed by atoms with Crippen LogP contribution in [0.1, 0.15) is 47.2 Å². The van der Waals surface area contributed by atoms with Crippen LogP contribution in [-0.4, -0.2) is 47.5 Å². The summed E-state index contributed by atoms with van der Waals surface area (Å²) in [6, 6.07) is 2.88. The number of halogens is 6. The summed E-state index contributed by atoms with van der Waals surface area (Å²) in [5, 5.41) is 0. The lowest BCUT2D eigenvalue weighted by atomic mass is 9.85. The summed E-state index contributed by atoms with van der Waals surface area (Å²) < 4.78 is 79.8. The Kier molecular flexibility index (Phi) is 6.59. The lowest BCUT2D eigenvalue weighted by molar-refractivity contribution is -0.194. The molecule has 2 amide bonds. The van der Waals surface area contributed by atoms with Crippen LogP contribution in [0.2, 0.25) is 0 Å². The van der Waals surface area contributed by atoms with Gasteiger partial charge in [-0.15, -0.1) is 0 Å². The SMILES string of the molecule is CC(N)(C(=O)N1CCC(c2ccc(C(=O)N=C(N)N)cc2C(F)(F)F)CC1)C(F)(F)F. The molecule has 6 N–H and O–H groups in total. The first kappa shape index (κ1) is 24.4. The predicted octanol–water partition coefficient (Wildman–Crippen LogP) is 2.10. The molecule has 1 aliphatic rings. The topological polar surface area (TPSA) is 128 Å². The molecule has 7 nitrogen and oxygen atoms in total. The van der Waals surface area contributed by atoms with Crippen molar-refractivity contribution in [2.24, 2.45) is 22.2 Å². The third kappa shape index (κ3) is 5.27. The van der Waals surface area contributed by atoms with Gasteiger partial charge in [-0.3, -0.25) is 9.59 Å². The van der Waals surface area contributed by atoms with E-state index in [4.69, 9.17) is 17.2 Å². The molecule has 1 aliphatic heterocycles. The van der Waals surface area contributed by atoms with E-state index in [0.717, 1.165) is 17.0 Å². The van der Waals surface area contributed by atoms with Gasteiger partial charge in [-0.25, -0.2) is 0 Å². The van der Waals surface area contributed by atoms with E-state index in [1.54, 1.807) is 0 Å². The Morgan fingerprint density at radius 1 is 1.06 bits per heavy atom. The van der Waals surface area contributed by atoms with Gasteiger partial charge in [0.25, 0.3) is 11.8 Å². The number of piperidine rings is 1. The quantitative estimate of drug-likeness (QED) is 0.367. The van der Waals surface area contributed by atoms with Gasteiger partial charge in [0.05, 0.1) is 5.56 Å². The Labute approximate surface area is 173 Å².